The Morgan fingerprint density at radius 1 is 1.56 bits per heavy atom. The van der Waals surface area contributed by atoms with E-state index in [1.54, 1.807) is 12.3 Å². The minimum atomic E-state index is -0.0579. The van der Waals surface area contributed by atoms with Crippen molar-refractivity contribution in [2.75, 3.05) is 6.54 Å². The lowest BCUT2D eigenvalue weighted by Crippen LogP contribution is -2.24. The van der Waals surface area contributed by atoms with E-state index in [0.29, 0.717) is 5.22 Å². The molecule has 0 aliphatic carbocycles. The van der Waals surface area contributed by atoms with Crippen LogP contribution in [0.2, 0.25) is 5.22 Å². The van der Waals surface area contributed by atoms with E-state index in [4.69, 9.17) is 16.0 Å². The second kappa shape index (κ2) is 4.72. The fourth-order valence-corrected chi connectivity index (χ4v) is 1.81. The Morgan fingerprint density at radius 3 is 2.88 bits per heavy atom. The third kappa shape index (κ3) is 2.13. The largest absolute Gasteiger partial charge is 0.448 e. The minimum Gasteiger partial charge on any atom is -0.448 e. The van der Waals surface area contributed by atoms with Crippen molar-refractivity contribution in [3.63, 3.8) is 0 Å². The maximum absolute atomic E-state index is 5.78. The third-order valence-corrected chi connectivity index (χ3v) is 2.61. The molecule has 0 aliphatic heterocycles. The van der Waals surface area contributed by atoms with Crippen LogP contribution in [0.25, 0.3) is 0 Å². The number of rotatable bonds is 4. The zero-order valence-corrected chi connectivity index (χ0v) is 10.0. The summed E-state index contributed by atoms with van der Waals surface area (Å²) in [6, 6.07) is 3.55. The van der Waals surface area contributed by atoms with Crippen LogP contribution in [0.4, 0.5) is 0 Å². The number of aromatic nitrogens is 2. The summed E-state index contributed by atoms with van der Waals surface area (Å²) in [4.78, 5) is 4.32. The summed E-state index contributed by atoms with van der Waals surface area (Å²) in [6.07, 6.45) is 3.68. The van der Waals surface area contributed by atoms with Crippen molar-refractivity contribution in [2.45, 2.75) is 13.0 Å². The molecular formula is C11H14ClN3O. The Hall–Kier alpha value is -1.26. The second-order valence-corrected chi connectivity index (χ2v) is 3.90. The molecule has 1 atom stereocenters. The first-order chi connectivity index (χ1) is 7.72. The van der Waals surface area contributed by atoms with Gasteiger partial charge in [0.2, 0.25) is 0 Å². The molecule has 2 aromatic rings. The zero-order valence-electron chi connectivity index (χ0n) is 9.27. The molecule has 2 aromatic heterocycles. The van der Waals surface area contributed by atoms with Crippen molar-refractivity contribution in [1.82, 2.24) is 14.9 Å². The average Bonchev–Trinajstić information content (AvgIpc) is 2.84. The average molecular weight is 240 g/mol. The molecule has 0 aromatic carbocycles. The second-order valence-electron chi connectivity index (χ2n) is 3.53. The van der Waals surface area contributed by atoms with Crippen LogP contribution < -0.4 is 5.32 Å². The molecule has 2 rings (SSSR count). The first kappa shape index (κ1) is 11.2. The quantitative estimate of drug-likeness (QED) is 0.891. The minimum absolute atomic E-state index is 0.0579. The molecule has 0 saturated heterocycles. The summed E-state index contributed by atoms with van der Waals surface area (Å²) in [7, 11) is 1.96. The number of nitrogens with one attached hydrogen (secondary N) is 1. The Morgan fingerprint density at radius 2 is 2.38 bits per heavy atom. The molecule has 0 radical (unpaired) electrons. The van der Waals surface area contributed by atoms with Crippen molar-refractivity contribution in [3.8, 4) is 0 Å². The first-order valence-electron chi connectivity index (χ1n) is 5.18. The molecule has 1 unspecified atom stereocenters. The highest BCUT2D eigenvalue weighted by molar-refractivity contribution is 6.28. The smallest absolute Gasteiger partial charge is 0.193 e. The van der Waals surface area contributed by atoms with Crippen LogP contribution in [-0.2, 0) is 7.05 Å². The summed E-state index contributed by atoms with van der Waals surface area (Å²) in [5.74, 6) is 1.69. The molecular weight excluding hydrogens is 226 g/mol. The summed E-state index contributed by atoms with van der Waals surface area (Å²) in [5, 5.41) is 3.72. The van der Waals surface area contributed by atoms with Gasteiger partial charge in [0.05, 0.1) is 0 Å². The van der Waals surface area contributed by atoms with Crippen molar-refractivity contribution < 1.29 is 4.42 Å². The van der Waals surface area contributed by atoms with E-state index >= 15 is 0 Å². The highest BCUT2D eigenvalue weighted by Gasteiger charge is 2.20. The van der Waals surface area contributed by atoms with Crippen LogP contribution >= 0.6 is 11.6 Å². The fraction of sp³-hybridized carbons (Fsp3) is 0.364. The number of imidazole rings is 1. The van der Waals surface area contributed by atoms with E-state index in [-0.39, 0.29) is 6.04 Å². The van der Waals surface area contributed by atoms with Gasteiger partial charge >= 0.3 is 0 Å². The number of hydrogen-bond donors (Lipinski definition) is 1. The van der Waals surface area contributed by atoms with Gasteiger partial charge in [0.15, 0.2) is 5.22 Å². The summed E-state index contributed by atoms with van der Waals surface area (Å²) in [5.41, 5.74) is 0. The van der Waals surface area contributed by atoms with Gasteiger partial charge < -0.3 is 14.3 Å². The molecule has 0 aliphatic rings. The van der Waals surface area contributed by atoms with Gasteiger partial charge in [-0.25, -0.2) is 4.98 Å². The van der Waals surface area contributed by atoms with E-state index in [0.717, 1.165) is 18.1 Å². The molecule has 86 valence electrons. The summed E-state index contributed by atoms with van der Waals surface area (Å²) in [6.45, 7) is 2.87. The Bertz CT molecular complexity index is 463. The van der Waals surface area contributed by atoms with E-state index in [2.05, 4.69) is 10.3 Å². The molecule has 5 heteroatoms. The Kier molecular flexibility index (Phi) is 3.31. The van der Waals surface area contributed by atoms with Gasteiger partial charge in [-0.05, 0) is 30.3 Å². The summed E-state index contributed by atoms with van der Waals surface area (Å²) >= 11 is 5.78. The first-order valence-corrected chi connectivity index (χ1v) is 5.56. The van der Waals surface area contributed by atoms with E-state index in [1.807, 2.05) is 30.8 Å². The van der Waals surface area contributed by atoms with Crippen molar-refractivity contribution >= 4 is 11.6 Å². The highest BCUT2D eigenvalue weighted by atomic mass is 35.5. The molecule has 0 bridgehead atoms. The van der Waals surface area contributed by atoms with Gasteiger partial charge in [0, 0.05) is 19.4 Å². The molecule has 0 saturated carbocycles. The van der Waals surface area contributed by atoms with Crippen molar-refractivity contribution in [3.05, 3.63) is 41.3 Å². The predicted octanol–water partition coefficient (Wildman–Crippen LogP) is 2.37. The van der Waals surface area contributed by atoms with E-state index in [1.165, 1.54) is 0 Å². The van der Waals surface area contributed by atoms with Gasteiger partial charge in [0.1, 0.15) is 17.6 Å². The van der Waals surface area contributed by atoms with Gasteiger partial charge in [0.25, 0.3) is 0 Å². The van der Waals surface area contributed by atoms with Gasteiger partial charge in [-0.3, -0.25) is 0 Å². The number of furan rings is 1. The lowest BCUT2D eigenvalue weighted by molar-refractivity contribution is 0.437. The number of aryl methyl sites for hydroxylation is 1. The molecule has 1 N–H and O–H groups in total. The van der Waals surface area contributed by atoms with Crippen molar-refractivity contribution in [2.24, 2.45) is 7.05 Å². The molecule has 0 spiro atoms. The van der Waals surface area contributed by atoms with Crippen LogP contribution in [0.5, 0.6) is 0 Å². The Balaban J connectivity index is 2.34. The predicted molar refractivity (Wildman–Crippen MR) is 62.4 cm³/mol. The molecule has 16 heavy (non-hydrogen) atoms. The van der Waals surface area contributed by atoms with Crippen LogP contribution in [0.3, 0.4) is 0 Å². The topological polar surface area (TPSA) is 43.0 Å². The zero-order chi connectivity index (χ0) is 11.5. The molecule has 0 amide bonds. The highest BCUT2D eigenvalue weighted by Crippen LogP contribution is 2.24. The normalized spacial score (nSPS) is 12.9. The van der Waals surface area contributed by atoms with Crippen LogP contribution in [0.15, 0.2) is 28.9 Å². The van der Waals surface area contributed by atoms with Crippen LogP contribution in [-0.4, -0.2) is 16.1 Å². The van der Waals surface area contributed by atoms with Gasteiger partial charge in [-0.2, -0.15) is 0 Å². The van der Waals surface area contributed by atoms with Gasteiger partial charge in [-0.15, -0.1) is 0 Å². The molecule has 0 fully saturated rings. The Labute approximate surface area is 99.2 Å². The monoisotopic (exact) mass is 239 g/mol. The maximum atomic E-state index is 5.78. The molecule has 2 heterocycles. The third-order valence-electron chi connectivity index (χ3n) is 2.40. The van der Waals surface area contributed by atoms with Crippen LogP contribution in [0.1, 0.15) is 24.6 Å². The van der Waals surface area contributed by atoms with E-state index in [9.17, 15) is 0 Å². The number of hydrogen-bond acceptors (Lipinski definition) is 3. The maximum Gasteiger partial charge on any atom is 0.193 e. The van der Waals surface area contributed by atoms with E-state index < -0.39 is 0 Å². The number of halogens is 1. The molecule has 4 nitrogen and oxygen atoms in total. The standard InChI is InChI=1S/C11H14ClN3O/c1-3-13-10(8-4-5-9(12)16-8)11-14-6-7-15(11)2/h4-7,10,13H,3H2,1-2H3. The number of nitrogens with zero attached hydrogens (tertiary/aromatic N) is 2. The SMILES string of the molecule is CCNC(c1ccc(Cl)o1)c1nccn1C. The fourth-order valence-electron chi connectivity index (χ4n) is 1.66. The van der Waals surface area contributed by atoms with Gasteiger partial charge in [-0.1, -0.05) is 6.92 Å². The lowest BCUT2D eigenvalue weighted by Gasteiger charge is -2.14. The summed E-state index contributed by atoms with van der Waals surface area (Å²) < 4.78 is 7.39. The van der Waals surface area contributed by atoms with Crippen molar-refractivity contribution in [1.29, 1.82) is 0 Å². The lowest BCUT2D eigenvalue weighted by atomic mass is 10.2. The van der Waals surface area contributed by atoms with Crippen LogP contribution in [0, 0.1) is 0 Å².